The Bertz CT molecular complexity index is 1040. The summed E-state index contributed by atoms with van der Waals surface area (Å²) in [5, 5.41) is 10.8. The molecule has 9 heteroatoms. The van der Waals surface area contributed by atoms with Crippen molar-refractivity contribution in [2.75, 3.05) is 0 Å². The van der Waals surface area contributed by atoms with Crippen LogP contribution < -0.4 is 15.6 Å². The molecule has 0 aliphatic heterocycles. The summed E-state index contributed by atoms with van der Waals surface area (Å²) in [7, 11) is 0. The van der Waals surface area contributed by atoms with E-state index in [1.807, 2.05) is 0 Å². The highest BCUT2D eigenvalue weighted by Crippen LogP contribution is 2.28. The fraction of sp³-hybridized carbons (Fsp3) is 0.263. The Kier molecular flexibility index (Phi) is 5.93. The molecule has 0 aliphatic carbocycles. The van der Waals surface area contributed by atoms with Gasteiger partial charge in [-0.1, -0.05) is 42.5 Å². The number of hydrogen-bond acceptors (Lipinski definition) is 5. The topological polar surface area (TPSA) is 86.1 Å². The lowest BCUT2D eigenvalue weighted by molar-refractivity contribution is -0.122. The number of para-hydroxylation sites is 1. The molecule has 1 atom stereocenters. The zero-order chi connectivity index (χ0) is 20.1. The summed E-state index contributed by atoms with van der Waals surface area (Å²) in [6.07, 6.45) is 0.438. The van der Waals surface area contributed by atoms with Crippen molar-refractivity contribution in [3.05, 3.63) is 64.4 Å². The van der Waals surface area contributed by atoms with E-state index in [-0.39, 0.29) is 12.3 Å². The molecule has 28 heavy (non-hydrogen) atoms. The van der Waals surface area contributed by atoms with Gasteiger partial charge in [0.25, 0.3) is 5.56 Å². The van der Waals surface area contributed by atoms with Gasteiger partial charge in [0.2, 0.25) is 5.91 Å². The molecule has 0 saturated carbocycles. The van der Waals surface area contributed by atoms with Crippen LogP contribution >= 0.6 is 0 Å². The van der Waals surface area contributed by atoms with Crippen molar-refractivity contribution in [2.24, 2.45) is 0 Å². The Morgan fingerprint density at radius 2 is 1.89 bits per heavy atom. The monoisotopic (exact) mass is 388 g/mol. The average Bonchev–Trinajstić information content (AvgIpc) is 2.69. The highest BCUT2D eigenvalue weighted by Gasteiger charge is 2.19. The quantitative estimate of drug-likeness (QED) is 0.673. The van der Waals surface area contributed by atoms with Crippen molar-refractivity contribution in [2.45, 2.75) is 32.5 Å². The van der Waals surface area contributed by atoms with E-state index in [2.05, 4.69) is 20.4 Å². The maximum atomic E-state index is 12.6. The first-order valence-electron chi connectivity index (χ1n) is 8.65. The summed E-state index contributed by atoms with van der Waals surface area (Å²) < 4.78 is 30.8. The number of carbonyl (C=O) groups is 1. The minimum Gasteiger partial charge on any atom is -0.434 e. The summed E-state index contributed by atoms with van der Waals surface area (Å²) >= 11 is 0. The molecule has 0 spiro atoms. The Hall–Kier alpha value is -3.36. The first-order chi connectivity index (χ1) is 13.5. The van der Waals surface area contributed by atoms with Gasteiger partial charge >= 0.3 is 6.61 Å². The van der Waals surface area contributed by atoms with E-state index in [4.69, 9.17) is 0 Å². The number of halogens is 2. The van der Waals surface area contributed by atoms with Crippen LogP contribution in [-0.4, -0.2) is 27.5 Å². The standard InChI is InChI=1S/C19H18F2N4O3/c1-2-14(12-7-4-6-10-16(12)28-19(20)21)22-17(26)11-25-18(27)13-8-3-5-9-15(13)23-24-25/h3-10,14,19H,2,11H2,1H3,(H,22,26). The van der Waals surface area contributed by atoms with Crippen LogP contribution in [0.25, 0.3) is 10.9 Å². The number of nitrogens with zero attached hydrogens (tertiary/aromatic N) is 3. The Morgan fingerprint density at radius 3 is 2.64 bits per heavy atom. The number of carbonyl (C=O) groups excluding carboxylic acids is 1. The average molecular weight is 388 g/mol. The number of aromatic nitrogens is 3. The van der Waals surface area contributed by atoms with Crippen LogP contribution in [0.5, 0.6) is 5.75 Å². The van der Waals surface area contributed by atoms with Gasteiger partial charge in [-0.05, 0) is 24.6 Å². The Balaban J connectivity index is 1.79. The molecule has 0 radical (unpaired) electrons. The molecule has 1 amide bonds. The molecule has 0 aliphatic rings. The summed E-state index contributed by atoms with van der Waals surface area (Å²) in [5.74, 6) is -0.502. The zero-order valence-electron chi connectivity index (χ0n) is 15.0. The molecule has 1 unspecified atom stereocenters. The van der Waals surface area contributed by atoms with Gasteiger partial charge < -0.3 is 10.1 Å². The van der Waals surface area contributed by atoms with Crippen LogP contribution in [0.2, 0.25) is 0 Å². The van der Waals surface area contributed by atoms with E-state index in [9.17, 15) is 18.4 Å². The van der Waals surface area contributed by atoms with Crippen LogP contribution in [0.4, 0.5) is 8.78 Å². The molecule has 7 nitrogen and oxygen atoms in total. The van der Waals surface area contributed by atoms with E-state index < -0.39 is 24.1 Å². The lowest BCUT2D eigenvalue weighted by atomic mass is 10.0. The number of nitrogens with one attached hydrogen (secondary N) is 1. The van der Waals surface area contributed by atoms with Gasteiger partial charge in [0.05, 0.1) is 11.4 Å². The predicted molar refractivity (Wildman–Crippen MR) is 98.0 cm³/mol. The van der Waals surface area contributed by atoms with Gasteiger partial charge in [-0.3, -0.25) is 9.59 Å². The zero-order valence-corrected chi connectivity index (χ0v) is 15.0. The van der Waals surface area contributed by atoms with Crippen LogP contribution in [0.15, 0.2) is 53.3 Å². The molecule has 0 bridgehead atoms. The lowest BCUT2D eigenvalue weighted by Gasteiger charge is -2.20. The normalized spacial score (nSPS) is 12.1. The third kappa shape index (κ3) is 4.30. The molecular weight excluding hydrogens is 370 g/mol. The van der Waals surface area contributed by atoms with Crippen molar-refractivity contribution in [1.82, 2.24) is 20.3 Å². The fourth-order valence-electron chi connectivity index (χ4n) is 2.87. The van der Waals surface area contributed by atoms with Crippen molar-refractivity contribution >= 4 is 16.8 Å². The number of ether oxygens (including phenoxy) is 1. The van der Waals surface area contributed by atoms with Gasteiger partial charge in [-0.25, -0.2) is 4.68 Å². The summed E-state index contributed by atoms with van der Waals surface area (Å²) in [5.41, 5.74) is 0.430. The van der Waals surface area contributed by atoms with Gasteiger partial charge in [-0.15, -0.1) is 5.10 Å². The first kappa shape index (κ1) is 19.4. The highest BCUT2D eigenvalue weighted by atomic mass is 19.3. The van der Waals surface area contributed by atoms with Gasteiger partial charge in [-0.2, -0.15) is 8.78 Å². The Labute approximate surface area is 158 Å². The molecular formula is C19H18F2N4O3. The van der Waals surface area contributed by atoms with Gasteiger partial charge in [0, 0.05) is 5.56 Å². The molecule has 0 saturated heterocycles. The molecule has 146 valence electrons. The summed E-state index contributed by atoms with van der Waals surface area (Å²) in [6.45, 7) is -1.52. The van der Waals surface area contributed by atoms with E-state index >= 15 is 0 Å². The molecule has 2 aromatic carbocycles. The first-order valence-corrected chi connectivity index (χ1v) is 8.65. The van der Waals surface area contributed by atoms with Gasteiger partial charge in [0.1, 0.15) is 17.8 Å². The van der Waals surface area contributed by atoms with Crippen molar-refractivity contribution in [1.29, 1.82) is 0 Å². The summed E-state index contributed by atoms with van der Waals surface area (Å²) in [4.78, 5) is 24.9. The van der Waals surface area contributed by atoms with E-state index in [1.165, 1.54) is 6.07 Å². The molecule has 1 N–H and O–H groups in total. The maximum absolute atomic E-state index is 12.6. The summed E-state index contributed by atoms with van der Waals surface area (Å²) in [6, 6.07) is 12.4. The van der Waals surface area contributed by atoms with E-state index in [1.54, 1.807) is 49.4 Å². The second-order valence-corrected chi connectivity index (χ2v) is 6.01. The third-order valence-electron chi connectivity index (χ3n) is 4.18. The largest absolute Gasteiger partial charge is 0.434 e. The van der Waals surface area contributed by atoms with Gasteiger partial charge in [0.15, 0.2) is 0 Å². The van der Waals surface area contributed by atoms with Crippen molar-refractivity contribution in [3.63, 3.8) is 0 Å². The van der Waals surface area contributed by atoms with Crippen molar-refractivity contribution in [3.8, 4) is 5.75 Å². The number of hydrogen-bond donors (Lipinski definition) is 1. The second-order valence-electron chi connectivity index (χ2n) is 6.01. The third-order valence-corrected chi connectivity index (χ3v) is 4.18. The Morgan fingerprint density at radius 1 is 1.18 bits per heavy atom. The number of rotatable bonds is 7. The number of alkyl halides is 2. The SMILES string of the molecule is CCC(NC(=O)Cn1nnc2ccccc2c1=O)c1ccccc1OC(F)F. The van der Waals surface area contributed by atoms with E-state index in [0.29, 0.717) is 22.9 Å². The molecule has 1 heterocycles. The van der Waals surface area contributed by atoms with Crippen molar-refractivity contribution < 1.29 is 18.3 Å². The van der Waals surface area contributed by atoms with E-state index in [0.717, 1.165) is 4.68 Å². The minimum atomic E-state index is -2.97. The maximum Gasteiger partial charge on any atom is 0.387 e. The number of fused-ring (bicyclic) bond motifs is 1. The van der Waals surface area contributed by atoms with Crippen LogP contribution in [0, 0.1) is 0 Å². The molecule has 1 aromatic heterocycles. The number of benzene rings is 2. The molecule has 0 fully saturated rings. The fourth-order valence-corrected chi connectivity index (χ4v) is 2.87. The van der Waals surface area contributed by atoms with Crippen LogP contribution in [-0.2, 0) is 11.3 Å². The number of amides is 1. The van der Waals surface area contributed by atoms with Crippen LogP contribution in [0.3, 0.4) is 0 Å². The molecule has 3 rings (SSSR count). The smallest absolute Gasteiger partial charge is 0.387 e. The van der Waals surface area contributed by atoms with Crippen LogP contribution in [0.1, 0.15) is 24.9 Å². The predicted octanol–water partition coefficient (Wildman–Crippen LogP) is 2.66. The highest BCUT2D eigenvalue weighted by molar-refractivity contribution is 5.78. The lowest BCUT2D eigenvalue weighted by Crippen LogP contribution is -2.36. The second kappa shape index (κ2) is 8.55. The minimum absolute atomic E-state index is 0.00712. The molecule has 3 aromatic rings.